The van der Waals surface area contributed by atoms with Crippen molar-refractivity contribution in [3.05, 3.63) is 59.2 Å². The number of carbonyl (C=O) groups excluding carboxylic acids is 1. The van der Waals surface area contributed by atoms with E-state index < -0.39 is 0 Å². The Morgan fingerprint density at radius 3 is 2.61 bits per heavy atom. The molecule has 0 radical (unpaired) electrons. The molecular formula is C22H26N4OS. The van der Waals surface area contributed by atoms with E-state index in [1.165, 1.54) is 10.3 Å². The normalized spacial score (nSPS) is 15.1. The first-order chi connectivity index (χ1) is 13.6. The molecule has 1 N–H and O–H groups in total. The number of aryl methyl sites for hydroxylation is 2. The number of piperazine rings is 1. The fourth-order valence-electron chi connectivity index (χ4n) is 3.47. The van der Waals surface area contributed by atoms with E-state index in [2.05, 4.69) is 40.2 Å². The van der Waals surface area contributed by atoms with E-state index in [0.717, 1.165) is 54.5 Å². The summed E-state index contributed by atoms with van der Waals surface area (Å²) in [5.41, 5.74) is 4.18. The molecule has 0 unspecified atom stereocenters. The number of nitrogens with zero attached hydrogens (tertiary/aromatic N) is 3. The number of carbonyl (C=O) groups is 1. The van der Waals surface area contributed by atoms with Gasteiger partial charge in [0.25, 0.3) is 5.91 Å². The molecule has 0 atom stereocenters. The van der Waals surface area contributed by atoms with Crippen molar-refractivity contribution < 1.29 is 4.79 Å². The van der Waals surface area contributed by atoms with Crippen molar-refractivity contribution in [3.63, 3.8) is 0 Å². The number of thiazole rings is 1. The molecule has 1 aromatic heterocycles. The van der Waals surface area contributed by atoms with Gasteiger partial charge in [-0.15, -0.1) is 0 Å². The second-order valence-corrected chi connectivity index (χ2v) is 8.36. The Bertz CT molecular complexity index is 943. The number of nitrogens with one attached hydrogen (secondary N) is 1. The van der Waals surface area contributed by atoms with E-state index in [1.54, 1.807) is 11.3 Å². The molecule has 0 bridgehead atoms. The number of fused-ring (bicyclic) bond motifs is 1. The fraction of sp³-hybridized carbons (Fsp3) is 0.364. The molecule has 5 nitrogen and oxygen atoms in total. The van der Waals surface area contributed by atoms with Crippen LogP contribution in [0.5, 0.6) is 0 Å². The monoisotopic (exact) mass is 394 g/mol. The van der Waals surface area contributed by atoms with Crippen LogP contribution in [0.3, 0.4) is 0 Å². The Hall–Kier alpha value is -2.44. The molecule has 3 aromatic rings. The smallest absolute Gasteiger partial charge is 0.251 e. The summed E-state index contributed by atoms with van der Waals surface area (Å²) in [6.45, 7) is 9.60. The Labute approximate surface area is 170 Å². The minimum atomic E-state index is 0.0104. The number of para-hydroxylation sites is 1. The van der Waals surface area contributed by atoms with E-state index in [0.29, 0.717) is 6.54 Å². The van der Waals surface area contributed by atoms with Crippen LogP contribution in [-0.4, -0.2) is 55.1 Å². The summed E-state index contributed by atoms with van der Waals surface area (Å²) < 4.78 is 1.24. The number of aromatic nitrogens is 1. The van der Waals surface area contributed by atoms with Crippen LogP contribution in [0.15, 0.2) is 42.5 Å². The van der Waals surface area contributed by atoms with Gasteiger partial charge in [-0.2, -0.15) is 0 Å². The van der Waals surface area contributed by atoms with E-state index in [4.69, 9.17) is 4.98 Å². The zero-order chi connectivity index (χ0) is 19.5. The van der Waals surface area contributed by atoms with Gasteiger partial charge in [-0.25, -0.2) is 4.98 Å². The van der Waals surface area contributed by atoms with Gasteiger partial charge in [-0.05, 0) is 49.2 Å². The first-order valence-electron chi connectivity index (χ1n) is 9.78. The Morgan fingerprint density at radius 1 is 1.07 bits per heavy atom. The first kappa shape index (κ1) is 18.9. The van der Waals surface area contributed by atoms with Crippen molar-refractivity contribution in [2.75, 3.05) is 44.2 Å². The summed E-state index contributed by atoms with van der Waals surface area (Å²) in [6, 6.07) is 14.2. The van der Waals surface area contributed by atoms with Crippen LogP contribution in [0.25, 0.3) is 10.2 Å². The van der Waals surface area contributed by atoms with Gasteiger partial charge in [-0.1, -0.05) is 29.5 Å². The van der Waals surface area contributed by atoms with Gasteiger partial charge < -0.3 is 10.2 Å². The zero-order valence-corrected chi connectivity index (χ0v) is 17.3. The van der Waals surface area contributed by atoms with E-state index in [-0.39, 0.29) is 5.91 Å². The third-order valence-electron chi connectivity index (χ3n) is 5.41. The Balaban J connectivity index is 1.24. The minimum Gasteiger partial charge on any atom is -0.351 e. The second kappa shape index (κ2) is 8.29. The van der Waals surface area contributed by atoms with Crippen LogP contribution in [-0.2, 0) is 0 Å². The highest BCUT2D eigenvalue weighted by Crippen LogP contribution is 2.29. The average Bonchev–Trinajstić information content (AvgIpc) is 3.15. The van der Waals surface area contributed by atoms with Gasteiger partial charge in [0.15, 0.2) is 5.13 Å². The maximum Gasteiger partial charge on any atom is 0.251 e. The SMILES string of the molecule is Cc1ccc(C(=O)NCCN2CCN(c3nc4ccccc4s3)CC2)cc1C. The highest BCUT2D eigenvalue weighted by Gasteiger charge is 2.19. The maximum absolute atomic E-state index is 12.3. The lowest BCUT2D eigenvalue weighted by Crippen LogP contribution is -2.48. The van der Waals surface area contributed by atoms with Crippen LogP contribution in [0.1, 0.15) is 21.5 Å². The minimum absolute atomic E-state index is 0.0104. The van der Waals surface area contributed by atoms with Crippen molar-refractivity contribution in [3.8, 4) is 0 Å². The van der Waals surface area contributed by atoms with Crippen LogP contribution >= 0.6 is 11.3 Å². The molecule has 0 aliphatic carbocycles. The third kappa shape index (κ3) is 4.18. The van der Waals surface area contributed by atoms with Crippen molar-refractivity contribution >= 4 is 32.6 Å². The molecule has 6 heteroatoms. The van der Waals surface area contributed by atoms with Crippen molar-refractivity contribution in [1.82, 2.24) is 15.2 Å². The van der Waals surface area contributed by atoms with E-state index >= 15 is 0 Å². The van der Waals surface area contributed by atoms with Crippen LogP contribution in [0.2, 0.25) is 0 Å². The quantitative estimate of drug-likeness (QED) is 0.720. The molecule has 28 heavy (non-hydrogen) atoms. The number of rotatable bonds is 5. The van der Waals surface area contributed by atoms with Gasteiger partial charge >= 0.3 is 0 Å². The number of hydrogen-bond acceptors (Lipinski definition) is 5. The summed E-state index contributed by atoms with van der Waals surface area (Å²) in [5, 5.41) is 4.16. The summed E-state index contributed by atoms with van der Waals surface area (Å²) in [6.07, 6.45) is 0. The predicted octanol–water partition coefficient (Wildman–Crippen LogP) is 3.47. The molecule has 146 valence electrons. The maximum atomic E-state index is 12.3. The third-order valence-corrected chi connectivity index (χ3v) is 6.51. The van der Waals surface area contributed by atoms with Gasteiger partial charge in [0.2, 0.25) is 0 Å². The van der Waals surface area contributed by atoms with Gasteiger partial charge in [0, 0.05) is 44.8 Å². The summed E-state index contributed by atoms with van der Waals surface area (Å²) in [7, 11) is 0. The topological polar surface area (TPSA) is 48.5 Å². The van der Waals surface area contributed by atoms with E-state index in [1.807, 2.05) is 31.2 Å². The molecule has 1 amide bonds. The molecular weight excluding hydrogens is 368 g/mol. The molecule has 1 saturated heterocycles. The molecule has 2 heterocycles. The molecule has 4 rings (SSSR count). The molecule has 2 aromatic carbocycles. The second-order valence-electron chi connectivity index (χ2n) is 7.35. The van der Waals surface area contributed by atoms with Gasteiger partial charge in [-0.3, -0.25) is 9.69 Å². The average molecular weight is 395 g/mol. The molecule has 0 saturated carbocycles. The van der Waals surface area contributed by atoms with Crippen molar-refractivity contribution in [2.45, 2.75) is 13.8 Å². The van der Waals surface area contributed by atoms with Crippen molar-refractivity contribution in [2.24, 2.45) is 0 Å². The predicted molar refractivity (Wildman–Crippen MR) is 117 cm³/mol. The lowest BCUT2D eigenvalue weighted by molar-refractivity contribution is 0.0947. The molecule has 1 aliphatic rings. The molecule has 1 aliphatic heterocycles. The zero-order valence-electron chi connectivity index (χ0n) is 16.4. The van der Waals surface area contributed by atoms with Gasteiger partial charge in [0.1, 0.15) is 0 Å². The number of amides is 1. The highest BCUT2D eigenvalue weighted by molar-refractivity contribution is 7.22. The highest BCUT2D eigenvalue weighted by atomic mass is 32.1. The van der Waals surface area contributed by atoms with Crippen LogP contribution in [0, 0.1) is 13.8 Å². The van der Waals surface area contributed by atoms with Gasteiger partial charge in [0.05, 0.1) is 10.2 Å². The summed E-state index contributed by atoms with van der Waals surface area (Å²) in [5.74, 6) is 0.0104. The lowest BCUT2D eigenvalue weighted by atomic mass is 10.1. The molecule has 1 fully saturated rings. The molecule has 0 spiro atoms. The van der Waals surface area contributed by atoms with Crippen molar-refractivity contribution in [1.29, 1.82) is 0 Å². The number of hydrogen-bond donors (Lipinski definition) is 1. The Kier molecular flexibility index (Phi) is 5.59. The summed E-state index contributed by atoms with van der Waals surface area (Å²) in [4.78, 5) is 21.9. The van der Waals surface area contributed by atoms with Crippen LogP contribution < -0.4 is 10.2 Å². The lowest BCUT2D eigenvalue weighted by Gasteiger charge is -2.34. The standard InChI is InChI=1S/C22H26N4OS/c1-16-7-8-18(15-17(16)2)21(27)23-9-10-25-11-13-26(14-12-25)22-24-19-5-3-4-6-20(19)28-22/h3-8,15H,9-14H2,1-2H3,(H,23,27). The summed E-state index contributed by atoms with van der Waals surface area (Å²) >= 11 is 1.77. The largest absolute Gasteiger partial charge is 0.351 e. The number of anilines is 1. The van der Waals surface area contributed by atoms with Crippen LogP contribution in [0.4, 0.5) is 5.13 Å². The fourth-order valence-corrected chi connectivity index (χ4v) is 4.49. The Morgan fingerprint density at radius 2 is 1.86 bits per heavy atom. The first-order valence-corrected chi connectivity index (χ1v) is 10.6. The number of benzene rings is 2. The van der Waals surface area contributed by atoms with E-state index in [9.17, 15) is 4.79 Å².